The van der Waals surface area contributed by atoms with Crippen LogP contribution in [0.15, 0.2) is 42.5 Å². The van der Waals surface area contributed by atoms with E-state index in [0.29, 0.717) is 42.1 Å². The van der Waals surface area contributed by atoms with Crippen LogP contribution in [0.1, 0.15) is 6.42 Å². The predicted molar refractivity (Wildman–Crippen MR) is 106 cm³/mol. The molecule has 0 aliphatic carbocycles. The molecule has 1 N–H and O–H groups in total. The third kappa shape index (κ3) is 3.05. The quantitative estimate of drug-likeness (QED) is 0.737. The summed E-state index contributed by atoms with van der Waals surface area (Å²) in [6.45, 7) is 1.33. The lowest BCUT2D eigenvalue weighted by Gasteiger charge is -2.22. The van der Waals surface area contributed by atoms with Crippen molar-refractivity contribution in [2.24, 2.45) is 5.92 Å². The number of rotatable bonds is 3. The molecule has 2 aliphatic heterocycles. The van der Waals surface area contributed by atoms with Crippen molar-refractivity contribution in [3.8, 4) is 11.5 Å². The Hall–Kier alpha value is -3.13. The monoisotopic (exact) mass is 395 g/mol. The molecule has 1 atom stereocenters. The molecule has 2 aliphatic rings. The Labute approximate surface area is 164 Å². The van der Waals surface area contributed by atoms with Crippen LogP contribution in [0.3, 0.4) is 0 Å². The van der Waals surface area contributed by atoms with E-state index < -0.39 is 5.92 Å². The maximum atomic E-state index is 12.7. The Balaban J connectivity index is 1.31. The van der Waals surface area contributed by atoms with E-state index in [1.807, 2.05) is 30.3 Å². The van der Waals surface area contributed by atoms with Gasteiger partial charge in [0.1, 0.15) is 13.2 Å². The predicted octanol–water partition coefficient (Wildman–Crippen LogP) is 3.06. The number of ether oxygens (including phenoxy) is 2. The normalized spacial score (nSPS) is 18.5. The van der Waals surface area contributed by atoms with Crippen LogP contribution >= 0.6 is 11.3 Å². The number of aromatic nitrogens is 1. The zero-order valence-electron chi connectivity index (χ0n) is 14.9. The third-order valence-corrected chi connectivity index (χ3v) is 5.81. The molecular weight excluding hydrogens is 378 g/mol. The number of nitrogens with zero attached hydrogens (tertiary/aromatic N) is 2. The van der Waals surface area contributed by atoms with E-state index in [0.717, 1.165) is 10.2 Å². The molecule has 0 saturated carbocycles. The van der Waals surface area contributed by atoms with E-state index in [-0.39, 0.29) is 18.2 Å². The number of carbonyl (C=O) groups is 2. The van der Waals surface area contributed by atoms with Gasteiger partial charge in [0.25, 0.3) is 0 Å². The Kier molecular flexibility index (Phi) is 4.12. The fourth-order valence-electron chi connectivity index (χ4n) is 3.47. The molecule has 2 aromatic carbocycles. The van der Waals surface area contributed by atoms with E-state index >= 15 is 0 Å². The number of anilines is 2. The zero-order chi connectivity index (χ0) is 19.1. The fraction of sp³-hybridized carbons (Fsp3) is 0.250. The number of thiazole rings is 1. The van der Waals surface area contributed by atoms with Crippen molar-refractivity contribution < 1.29 is 19.1 Å². The highest BCUT2D eigenvalue weighted by atomic mass is 32.1. The van der Waals surface area contributed by atoms with Crippen molar-refractivity contribution in [2.45, 2.75) is 6.42 Å². The molecule has 0 spiro atoms. The van der Waals surface area contributed by atoms with Gasteiger partial charge >= 0.3 is 0 Å². The summed E-state index contributed by atoms with van der Waals surface area (Å²) in [4.78, 5) is 31.2. The van der Waals surface area contributed by atoms with Gasteiger partial charge in [0, 0.05) is 24.7 Å². The molecule has 1 unspecified atom stereocenters. The first-order valence-corrected chi connectivity index (χ1v) is 9.85. The lowest BCUT2D eigenvalue weighted by atomic mass is 10.1. The van der Waals surface area contributed by atoms with Crippen LogP contribution in [0.4, 0.5) is 10.8 Å². The number of benzene rings is 2. The Morgan fingerprint density at radius 2 is 1.96 bits per heavy atom. The lowest BCUT2D eigenvalue weighted by Crippen LogP contribution is -2.28. The first kappa shape index (κ1) is 17.0. The van der Waals surface area contributed by atoms with Gasteiger partial charge in [-0.15, -0.1) is 0 Å². The van der Waals surface area contributed by atoms with Gasteiger partial charge in [0.2, 0.25) is 11.8 Å². The van der Waals surface area contributed by atoms with Crippen LogP contribution in [0.2, 0.25) is 0 Å². The fourth-order valence-corrected chi connectivity index (χ4v) is 4.33. The largest absolute Gasteiger partial charge is 0.486 e. The van der Waals surface area contributed by atoms with Gasteiger partial charge in [-0.3, -0.25) is 9.59 Å². The highest BCUT2D eigenvalue weighted by Crippen LogP contribution is 2.36. The molecule has 5 rings (SSSR count). The number of para-hydroxylation sites is 1. The highest BCUT2D eigenvalue weighted by Gasteiger charge is 2.36. The minimum atomic E-state index is -0.423. The number of carbonyl (C=O) groups excluding carboxylic acids is 2. The first-order valence-electron chi connectivity index (χ1n) is 9.04. The van der Waals surface area contributed by atoms with E-state index in [1.165, 1.54) is 11.3 Å². The van der Waals surface area contributed by atoms with Gasteiger partial charge < -0.3 is 19.7 Å². The summed E-state index contributed by atoms with van der Waals surface area (Å²) >= 11 is 1.43. The van der Waals surface area contributed by atoms with Crippen LogP contribution in [-0.4, -0.2) is 36.6 Å². The molecule has 7 nitrogen and oxygen atoms in total. The molecule has 3 aromatic rings. The minimum absolute atomic E-state index is 0.0823. The molecule has 1 fully saturated rings. The number of hydrogen-bond acceptors (Lipinski definition) is 6. The molecule has 0 bridgehead atoms. The maximum absolute atomic E-state index is 12.7. The average molecular weight is 395 g/mol. The SMILES string of the molecule is O=C(Nc1nc2ccccc2s1)C1CC(=O)N(c2ccc3c(c2)OCCO3)C1. The molecule has 1 saturated heterocycles. The highest BCUT2D eigenvalue weighted by molar-refractivity contribution is 7.22. The molecule has 142 valence electrons. The second-order valence-corrected chi connectivity index (χ2v) is 7.74. The summed E-state index contributed by atoms with van der Waals surface area (Å²) in [7, 11) is 0. The third-order valence-electron chi connectivity index (χ3n) is 4.86. The topological polar surface area (TPSA) is 80.8 Å². The van der Waals surface area contributed by atoms with Crippen LogP contribution < -0.4 is 19.7 Å². The standard InChI is InChI=1S/C20H17N3O4S/c24-18-9-12(19(25)22-20-21-14-3-1-2-4-17(14)28-20)11-23(18)13-5-6-15-16(10-13)27-8-7-26-15/h1-6,10,12H,7-9,11H2,(H,21,22,25). The van der Waals surface area contributed by atoms with Gasteiger partial charge in [0.15, 0.2) is 16.6 Å². The Bertz CT molecular complexity index is 1050. The molecule has 3 heterocycles. The summed E-state index contributed by atoms with van der Waals surface area (Å²) in [5.74, 6) is 0.604. The maximum Gasteiger partial charge on any atom is 0.231 e. The van der Waals surface area contributed by atoms with Gasteiger partial charge in [-0.05, 0) is 24.3 Å². The molecule has 2 amide bonds. The van der Waals surface area contributed by atoms with Crippen LogP contribution in [0, 0.1) is 5.92 Å². The summed E-state index contributed by atoms with van der Waals surface area (Å²) in [6, 6.07) is 13.1. The minimum Gasteiger partial charge on any atom is -0.486 e. The summed E-state index contributed by atoms with van der Waals surface area (Å²) in [5, 5.41) is 3.41. The first-order chi connectivity index (χ1) is 13.7. The molecule has 28 heavy (non-hydrogen) atoms. The van der Waals surface area contributed by atoms with E-state index in [9.17, 15) is 9.59 Å². The van der Waals surface area contributed by atoms with Crippen LogP contribution in [0.5, 0.6) is 11.5 Å². The van der Waals surface area contributed by atoms with Crippen molar-refractivity contribution in [1.82, 2.24) is 4.98 Å². The zero-order valence-corrected chi connectivity index (χ0v) is 15.7. The van der Waals surface area contributed by atoms with Crippen molar-refractivity contribution >= 4 is 44.2 Å². The summed E-state index contributed by atoms with van der Waals surface area (Å²) in [6.07, 6.45) is 0.172. The van der Waals surface area contributed by atoms with Crippen LogP contribution in [0.25, 0.3) is 10.2 Å². The second-order valence-electron chi connectivity index (χ2n) is 6.71. The number of hydrogen-bond donors (Lipinski definition) is 1. The smallest absolute Gasteiger partial charge is 0.231 e. The van der Waals surface area contributed by atoms with Gasteiger partial charge in [-0.1, -0.05) is 23.5 Å². The van der Waals surface area contributed by atoms with Gasteiger partial charge in [0.05, 0.1) is 16.1 Å². The van der Waals surface area contributed by atoms with E-state index in [4.69, 9.17) is 9.47 Å². The Morgan fingerprint density at radius 1 is 1.14 bits per heavy atom. The van der Waals surface area contributed by atoms with Crippen molar-refractivity contribution in [3.05, 3.63) is 42.5 Å². The molecule has 1 aromatic heterocycles. The van der Waals surface area contributed by atoms with Crippen molar-refractivity contribution in [2.75, 3.05) is 30.0 Å². The van der Waals surface area contributed by atoms with Crippen molar-refractivity contribution in [3.63, 3.8) is 0 Å². The average Bonchev–Trinajstić information content (AvgIpc) is 3.30. The summed E-state index contributed by atoms with van der Waals surface area (Å²) in [5.41, 5.74) is 1.56. The van der Waals surface area contributed by atoms with Crippen molar-refractivity contribution in [1.29, 1.82) is 0 Å². The number of nitrogens with one attached hydrogen (secondary N) is 1. The molecular formula is C20H17N3O4S. The van der Waals surface area contributed by atoms with E-state index in [2.05, 4.69) is 10.3 Å². The summed E-state index contributed by atoms with van der Waals surface area (Å²) < 4.78 is 12.1. The number of fused-ring (bicyclic) bond motifs is 2. The molecule has 0 radical (unpaired) electrons. The number of amides is 2. The second kappa shape index (κ2) is 6.79. The van der Waals surface area contributed by atoms with Crippen LogP contribution in [-0.2, 0) is 9.59 Å². The van der Waals surface area contributed by atoms with Gasteiger partial charge in [-0.2, -0.15) is 0 Å². The van der Waals surface area contributed by atoms with Gasteiger partial charge in [-0.25, -0.2) is 4.98 Å². The van der Waals surface area contributed by atoms with E-state index in [1.54, 1.807) is 17.0 Å². The lowest BCUT2D eigenvalue weighted by molar-refractivity contribution is -0.122. The Morgan fingerprint density at radius 3 is 2.82 bits per heavy atom. The molecule has 8 heteroatoms.